The molecule has 1 atom stereocenters. The topological polar surface area (TPSA) is 45.6 Å². The maximum absolute atomic E-state index is 13.0. The van der Waals surface area contributed by atoms with Crippen molar-refractivity contribution in [3.63, 3.8) is 0 Å². The predicted octanol–water partition coefficient (Wildman–Crippen LogP) is 2.92. The maximum atomic E-state index is 13.0. The Kier molecular flexibility index (Phi) is 4.27. The van der Waals surface area contributed by atoms with Crippen molar-refractivity contribution in [3.8, 4) is 0 Å². The Hall–Kier alpha value is -1.34. The van der Waals surface area contributed by atoms with Gasteiger partial charge in [0.05, 0.1) is 17.3 Å². The third-order valence-corrected chi connectivity index (χ3v) is 4.82. The Labute approximate surface area is 133 Å². The van der Waals surface area contributed by atoms with Crippen LogP contribution in [0.4, 0.5) is 19.0 Å². The van der Waals surface area contributed by atoms with Gasteiger partial charge in [0.2, 0.25) is 0 Å². The molecule has 1 unspecified atom stereocenters. The van der Waals surface area contributed by atoms with Crippen LogP contribution in [-0.4, -0.2) is 41.5 Å². The molecule has 0 radical (unpaired) electrons. The van der Waals surface area contributed by atoms with E-state index < -0.39 is 23.4 Å². The summed E-state index contributed by atoms with van der Waals surface area (Å²) in [4.78, 5) is 6.09. The zero-order valence-electron chi connectivity index (χ0n) is 13.1. The van der Waals surface area contributed by atoms with E-state index in [0.717, 1.165) is 25.0 Å². The van der Waals surface area contributed by atoms with Gasteiger partial charge in [0.1, 0.15) is 5.82 Å². The second-order valence-corrected chi connectivity index (χ2v) is 6.41. The van der Waals surface area contributed by atoms with E-state index in [9.17, 15) is 18.3 Å². The van der Waals surface area contributed by atoms with Crippen LogP contribution in [0, 0.1) is 6.92 Å². The van der Waals surface area contributed by atoms with Crippen LogP contribution in [0.5, 0.6) is 0 Å². The van der Waals surface area contributed by atoms with Crippen LogP contribution in [0.15, 0.2) is 12.1 Å². The molecule has 2 aliphatic rings. The Morgan fingerprint density at radius 1 is 1.30 bits per heavy atom. The highest BCUT2D eigenvalue weighted by Gasteiger charge is 2.44. The lowest BCUT2D eigenvalue weighted by atomic mass is 9.82. The number of aromatic nitrogens is 1. The first kappa shape index (κ1) is 16.5. The van der Waals surface area contributed by atoms with Gasteiger partial charge >= 0.3 is 6.18 Å². The van der Waals surface area contributed by atoms with Gasteiger partial charge in [-0.1, -0.05) is 0 Å². The van der Waals surface area contributed by atoms with Crippen molar-refractivity contribution in [3.05, 3.63) is 23.4 Å². The molecule has 3 rings (SSSR count). The first-order valence-corrected chi connectivity index (χ1v) is 7.93. The van der Waals surface area contributed by atoms with Gasteiger partial charge in [0.25, 0.3) is 0 Å². The van der Waals surface area contributed by atoms with Crippen molar-refractivity contribution in [1.29, 1.82) is 0 Å². The highest BCUT2D eigenvalue weighted by atomic mass is 19.4. The molecule has 0 saturated carbocycles. The zero-order valence-corrected chi connectivity index (χ0v) is 13.1. The number of pyridine rings is 1. The summed E-state index contributed by atoms with van der Waals surface area (Å²) in [5, 5.41) is 10.2. The van der Waals surface area contributed by atoms with Crippen LogP contribution in [0.2, 0.25) is 0 Å². The standard InChI is InChI=1S/C16H21F3N2O2/c1-11-9-12(16(17,18)19)10-14(20-11)21-6-4-15(5-7-21)13(22)3-2-8-23-15/h9-10,13,22H,2-8H2,1H3. The Balaban J connectivity index is 1.76. The molecule has 1 spiro atoms. The average Bonchev–Trinajstić information content (AvgIpc) is 2.50. The van der Waals surface area contributed by atoms with Gasteiger partial charge in [-0.05, 0) is 44.7 Å². The number of nitrogens with zero attached hydrogens (tertiary/aromatic N) is 2. The molecule has 2 aliphatic heterocycles. The molecule has 128 valence electrons. The number of rotatable bonds is 1. The minimum absolute atomic E-state index is 0.345. The number of ether oxygens (including phenoxy) is 1. The smallest absolute Gasteiger partial charge is 0.390 e. The number of halogens is 3. The Morgan fingerprint density at radius 2 is 2.00 bits per heavy atom. The monoisotopic (exact) mass is 330 g/mol. The van der Waals surface area contributed by atoms with Gasteiger partial charge in [0, 0.05) is 25.4 Å². The number of piperidine rings is 1. The van der Waals surface area contributed by atoms with Gasteiger partial charge < -0.3 is 14.7 Å². The largest absolute Gasteiger partial charge is 0.416 e. The van der Waals surface area contributed by atoms with Gasteiger partial charge in [-0.3, -0.25) is 0 Å². The van der Waals surface area contributed by atoms with Crippen LogP contribution in [0.25, 0.3) is 0 Å². The van der Waals surface area contributed by atoms with Crippen LogP contribution in [-0.2, 0) is 10.9 Å². The molecular formula is C16H21F3N2O2. The molecule has 3 heterocycles. The summed E-state index contributed by atoms with van der Waals surface area (Å²) in [6, 6.07) is 2.16. The van der Waals surface area contributed by atoms with Crippen LogP contribution in [0.1, 0.15) is 36.9 Å². The fraction of sp³-hybridized carbons (Fsp3) is 0.688. The van der Waals surface area contributed by atoms with Crippen LogP contribution >= 0.6 is 0 Å². The van der Waals surface area contributed by atoms with Crippen LogP contribution in [0.3, 0.4) is 0 Å². The number of alkyl halides is 3. The summed E-state index contributed by atoms with van der Waals surface area (Å²) >= 11 is 0. The Morgan fingerprint density at radius 3 is 2.61 bits per heavy atom. The summed E-state index contributed by atoms with van der Waals surface area (Å²) in [6.45, 7) is 3.27. The quantitative estimate of drug-likeness (QED) is 0.860. The molecule has 0 aliphatic carbocycles. The van der Waals surface area contributed by atoms with E-state index in [0.29, 0.717) is 44.0 Å². The molecule has 0 bridgehead atoms. The van der Waals surface area contributed by atoms with E-state index in [1.54, 1.807) is 6.92 Å². The summed E-state index contributed by atoms with van der Waals surface area (Å²) in [5.74, 6) is 0.345. The predicted molar refractivity (Wildman–Crippen MR) is 79.3 cm³/mol. The first-order chi connectivity index (χ1) is 10.8. The molecule has 1 N–H and O–H groups in total. The van der Waals surface area contributed by atoms with Gasteiger partial charge in [-0.25, -0.2) is 4.98 Å². The lowest BCUT2D eigenvalue weighted by Gasteiger charge is -2.47. The average molecular weight is 330 g/mol. The molecular weight excluding hydrogens is 309 g/mol. The fourth-order valence-corrected chi connectivity index (χ4v) is 3.48. The number of aliphatic hydroxyl groups excluding tert-OH is 1. The van der Waals surface area contributed by atoms with Crippen molar-refractivity contribution in [1.82, 2.24) is 4.98 Å². The zero-order chi connectivity index (χ0) is 16.7. The van der Waals surface area contributed by atoms with Crippen molar-refractivity contribution in [2.45, 2.75) is 50.5 Å². The molecule has 0 amide bonds. The SMILES string of the molecule is Cc1cc(C(F)(F)F)cc(N2CCC3(CC2)OCCCC3O)n1. The van der Waals surface area contributed by atoms with E-state index in [-0.39, 0.29) is 0 Å². The van der Waals surface area contributed by atoms with E-state index in [2.05, 4.69) is 4.98 Å². The lowest BCUT2D eigenvalue weighted by molar-refractivity contribution is -0.164. The Bertz CT molecular complexity index is 569. The molecule has 0 aromatic carbocycles. The number of anilines is 1. The van der Waals surface area contributed by atoms with E-state index in [1.165, 1.54) is 0 Å². The highest BCUT2D eigenvalue weighted by molar-refractivity contribution is 5.44. The molecule has 2 saturated heterocycles. The van der Waals surface area contributed by atoms with Crippen molar-refractivity contribution >= 4 is 5.82 Å². The second kappa shape index (κ2) is 5.94. The van der Waals surface area contributed by atoms with Gasteiger partial charge in [0.15, 0.2) is 0 Å². The highest BCUT2D eigenvalue weighted by Crippen LogP contribution is 2.37. The third kappa shape index (κ3) is 3.30. The molecule has 7 heteroatoms. The number of aliphatic hydroxyl groups is 1. The lowest BCUT2D eigenvalue weighted by Crippen LogP contribution is -2.55. The minimum atomic E-state index is -4.37. The number of aryl methyl sites for hydroxylation is 1. The summed E-state index contributed by atoms with van der Waals surface area (Å²) in [5.41, 5.74) is -0.857. The van der Waals surface area contributed by atoms with E-state index in [4.69, 9.17) is 4.74 Å². The van der Waals surface area contributed by atoms with Crippen molar-refractivity contribution in [2.75, 3.05) is 24.6 Å². The number of hydrogen-bond acceptors (Lipinski definition) is 4. The molecule has 1 aromatic heterocycles. The third-order valence-electron chi connectivity index (χ3n) is 4.82. The van der Waals surface area contributed by atoms with E-state index >= 15 is 0 Å². The van der Waals surface area contributed by atoms with Gasteiger partial charge in [-0.2, -0.15) is 13.2 Å². The minimum Gasteiger partial charge on any atom is -0.390 e. The molecule has 4 nitrogen and oxygen atoms in total. The summed E-state index contributed by atoms with van der Waals surface area (Å²) in [7, 11) is 0. The normalized spacial score (nSPS) is 24.9. The summed E-state index contributed by atoms with van der Waals surface area (Å²) < 4.78 is 44.7. The number of hydrogen-bond donors (Lipinski definition) is 1. The first-order valence-electron chi connectivity index (χ1n) is 7.93. The van der Waals surface area contributed by atoms with Crippen molar-refractivity contribution < 1.29 is 23.0 Å². The maximum Gasteiger partial charge on any atom is 0.416 e. The fourth-order valence-electron chi connectivity index (χ4n) is 3.48. The van der Waals surface area contributed by atoms with Crippen molar-refractivity contribution in [2.24, 2.45) is 0 Å². The molecule has 23 heavy (non-hydrogen) atoms. The second-order valence-electron chi connectivity index (χ2n) is 6.41. The molecule has 1 aromatic rings. The molecule has 2 fully saturated rings. The van der Waals surface area contributed by atoms with E-state index in [1.807, 2.05) is 4.90 Å². The van der Waals surface area contributed by atoms with Crippen LogP contribution < -0.4 is 4.90 Å². The summed E-state index contributed by atoms with van der Waals surface area (Å²) in [6.07, 6.45) is -2.09. The van der Waals surface area contributed by atoms with Gasteiger partial charge in [-0.15, -0.1) is 0 Å².